The fourth-order valence-corrected chi connectivity index (χ4v) is 2.83. The van der Waals surface area contributed by atoms with Gasteiger partial charge >= 0.3 is 0 Å². The summed E-state index contributed by atoms with van der Waals surface area (Å²) in [6, 6.07) is 6.47. The number of hydrogen-bond donors (Lipinski definition) is 0. The molecule has 92 valence electrons. The summed E-state index contributed by atoms with van der Waals surface area (Å²) < 4.78 is 1.17. The Bertz CT molecular complexity index is 386. The maximum Gasteiger partial charge on any atom is 0.120 e. The molecule has 2 nitrogen and oxygen atoms in total. The van der Waals surface area contributed by atoms with Crippen molar-refractivity contribution < 1.29 is 4.79 Å². The Morgan fingerprint density at radius 3 is 2.71 bits per heavy atom. The summed E-state index contributed by atoms with van der Waals surface area (Å²) in [6.07, 6.45) is 5.08. The van der Waals surface area contributed by atoms with E-state index in [4.69, 9.17) is 0 Å². The topological polar surface area (TPSA) is 20.3 Å². The molecule has 0 saturated carbocycles. The van der Waals surface area contributed by atoms with Crippen LogP contribution in [-0.4, -0.2) is 24.3 Å². The third-order valence-electron chi connectivity index (χ3n) is 3.26. The molecule has 0 bridgehead atoms. The van der Waals surface area contributed by atoms with Crippen molar-refractivity contribution in [2.75, 3.05) is 13.1 Å². The molecule has 0 spiro atoms. The largest absolute Gasteiger partial charge is 0.303 e. The van der Waals surface area contributed by atoms with Crippen LogP contribution in [0.25, 0.3) is 0 Å². The Kier molecular flexibility index (Phi) is 4.75. The second kappa shape index (κ2) is 6.31. The molecule has 17 heavy (non-hydrogen) atoms. The fourth-order valence-electron chi connectivity index (χ4n) is 2.28. The smallest absolute Gasteiger partial charge is 0.120 e. The highest BCUT2D eigenvalue weighted by Gasteiger charge is 2.13. The van der Waals surface area contributed by atoms with Gasteiger partial charge in [0, 0.05) is 17.4 Å². The van der Waals surface area contributed by atoms with Crippen molar-refractivity contribution in [3.8, 4) is 0 Å². The Hall–Kier alpha value is -0.670. The van der Waals surface area contributed by atoms with E-state index in [1.807, 2.05) is 0 Å². The van der Waals surface area contributed by atoms with E-state index in [1.165, 1.54) is 41.5 Å². The van der Waals surface area contributed by atoms with Crippen molar-refractivity contribution >= 4 is 22.2 Å². The maximum atomic E-state index is 10.3. The van der Waals surface area contributed by atoms with Gasteiger partial charge in [0.1, 0.15) is 6.29 Å². The van der Waals surface area contributed by atoms with Crippen LogP contribution in [0, 0.1) is 0 Å². The third-order valence-corrected chi connectivity index (χ3v) is 4.00. The standard InChI is InChI=1S/C14H18BrNO/c15-14-10-12(4-3-9-17)5-6-13(14)11-16-7-1-2-8-16/h5-6,9-10H,1-4,7-8,11H2. The number of nitrogens with zero attached hydrogens (tertiary/aromatic N) is 1. The van der Waals surface area contributed by atoms with Crippen LogP contribution in [0.15, 0.2) is 22.7 Å². The van der Waals surface area contributed by atoms with E-state index in [9.17, 15) is 4.79 Å². The van der Waals surface area contributed by atoms with E-state index in [0.717, 1.165) is 19.3 Å². The lowest BCUT2D eigenvalue weighted by atomic mass is 10.1. The molecular weight excluding hydrogens is 278 g/mol. The van der Waals surface area contributed by atoms with Crippen LogP contribution in [0.3, 0.4) is 0 Å². The Morgan fingerprint density at radius 2 is 2.06 bits per heavy atom. The van der Waals surface area contributed by atoms with Crippen molar-refractivity contribution in [1.82, 2.24) is 4.90 Å². The Labute approximate surface area is 111 Å². The Morgan fingerprint density at radius 1 is 1.29 bits per heavy atom. The van der Waals surface area contributed by atoms with Crippen LogP contribution in [0.2, 0.25) is 0 Å². The lowest BCUT2D eigenvalue weighted by Gasteiger charge is -2.16. The molecule has 0 aromatic heterocycles. The molecule has 3 heteroatoms. The van der Waals surface area contributed by atoms with E-state index >= 15 is 0 Å². The van der Waals surface area contributed by atoms with E-state index in [0.29, 0.717) is 6.42 Å². The normalized spacial score (nSPS) is 16.3. The number of rotatable bonds is 5. The van der Waals surface area contributed by atoms with Gasteiger partial charge in [0.2, 0.25) is 0 Å². The average molecular weight is 296 g/mol. The van der Waals surface area contributed by atoms with Crippen LogP contribution in [0.1, 0.15) is 30.4 Å². The highest BCUT2D eigenvalue weighted by molar-refractivity contribution is 9.10. The molecule has 1 saturated heterocycles. The number of aryl methyl sites for hydroxylation is 1. The minimum atomic E-state index is 0.609. The summed E-state index contributed by atoms with van der Waals surface area (Å²) in [7, 11) is 0. The van der Waals surface area contributed by atoms with Gasteiger partial charge in [-0.3, -0.25) is 4.90 Å². The zero-order chi connectivity index (χ0) is 12.1. The first-order chi connectivity index (χ1) is 8.29. The molecule has 0 atom stereocenters. The van der Waals surface area contributed by atoms with Crippen LogP contribution in [-0.2, 0) is 17.8 Å². The highest BCUT2D eigenvalue weighted by atomic mass is 79.9. The van der Waals surface area contributed by atoms with Crippen molar-refractivity contribution in [2.24, 2.45) is 0 Å². The molecule has 2 rings (SSSR count). The quantitative estimate of drug-likeness (QED) is 0.778. The van der Waals surface area contributed by atoms with Crippen LogP contribution >= 0.6 is 15.9 Å². The molecule has 0 unspecified atom stereocenters. The predicted molar refractivity (Wildman–Crippen MR) is 73.0 cm³/mol. The van der Waals surface area contributed by atoms with Gasteiger partial charge in [-0.2, -0.15) is 0 Å². The van der Waals surface area contributed by atoms with Gasteiger partial charge in [0.25, 0.3) is 0 Å². The van der Waals surface area contributed by atoms with E-state index in [2.05, 4.69) is 39.0 Å². The van der Waals surface area contributed by atoms with Gasteiger partial charge in [-0.05, 0) is 49.5 Å². The van der Waals surface area contributed by atoms with Crippen molar-refractivity contribution in [1.29, 1.82) is 0 Å². The maximum absolute atomic E-state index is 10.3. The van der Waals surface area contributed by atoms with Crippen molar-refractivity contribution in [3.05, 3.63) is 33.8 Å². The number of hydrogen-bond acceptors (Lipinski definition) is 2. The van der Waals surface area contributed by atoms with Gasteiger partial charge in [0.15, 0.2) is 0 Å². The van der Waals surface area contributed by atoms with Gasteiger partial charge in [-0.15, -0.1) is 0 Å². The molecule has 1 aromatic carbocycles. The third kappa shape index (κ3) is 3.65. The van der Waals surface area contributed by atoms with Crippen molar-refractivity contribution in [2.45, 2.75) is 32.2 Å². The number of benzene rings is 1. The molecule has 0 N–H and O–H groups in total. The molecule has 1 heterocycles. The summed E-state index contributed by atoms with van der Waals surface area (Å²) in [4.78, 5) is 12.8. The molecule has 1 aliphatic rings. The van der Waals surface area contributed by atoms with Gasteiger partial charge in [-0.25, -0.2) is 0 Å². The van der Waals surface area contributed by atoms with Crippen LogP contribution in [0.4, 0.5) is 0 Å². The number of halogens is 1. The lowest BCUT2D eigenvalue weighted by molar-refractivity contribution is -0.107. The molecule has 0 amide bonds. The zero-order valence-corrected chi connectivity index (χ0v) is 11.6. The first-order valence-electron chi connectivity index (χ1n) is 6.23. The average Bonchev–Trinajstić information content (AvgIpc) is 2.82. The Balaban J connectivity index is 2.00. The van der Waals surface area contributed by atoms with Gasteiger partial charge in [-0.1, -0.05) is 28.1 Å². The van der Waals surface area contributed by atoms with Crippen LogP contribution in [0.5, 0.6) is 0 Å². The first kappa shape index (κ1) is 12.8. The molecule has 1 aliphatic heterocycles. The summed E-state index contributed by atoms with van der Waals surface area (Å²) >= 11 is 3.63. The summed E-state index contributed by atoms with van der Waals surface area (Å²) in [5, 5.41) is 0. The highest BCUT2D eigenvalue weighted by Crippen LogP contribution is 2.22. The molecule has 1 aromatic rings. The van der Waals surface area contributed by atoms with E-state index < -0.39 is 0 Å². The van der Waals surface area contributed by atoms with Crippen LogP contribution < -0.4 is 0 Å². The molecule has 0 aliphatic carbocycles. The molecule has 0 radical (unpaired) electrons. The summed E-state index contributed by atoms with van der Waals surface area (Å²) in [6.45, 7) is 3.48. The van der Waals surface area contributed by atoms with E-state index in [1.54, 1.807) is 0 Å². The van der Waals surface area contributed by atoms with Crippen molar-refractivity contribution in [3.63, 3.8) is 0 Å². The predicted octanol–water partition coefficient (Wildman–Crippen LogP) is 3.18. The monoisotopic (exact) mass is 295 g/mol. The second-order valence-corrected chi connectivity index (χ2v) is 5.47. The van der Waals surface area contributed by atoms with E-state index in [-0.39, 0.29) is 0 Å². The minimum absolute atomic E-state index is 0.609. The van der Waals surface area contributed by atoms with Gasteiger partial charge < -0.3 is 4.79 Å². The molecule has 1 fully saturated rings. The number of carbonyl (C=O) groups excluding carboxylic acids is 1. The fraction of sp³-hybridized carbons (Fsp3) is 0.500. The summed E-state index contributed by atoms with van der Waals surface area (Å²) in [5.41, 5.74) is 2.58. The number of carbonyl (C=O) groups is 1. The summed E-state index contributed by atoms with van der Waals surface area (Å²) in [5.74, 6) is 0. The molecular formula is C14H18BrNO. The first-order valence-corrected chi connectivity index (χ1v) is 7.02. The minimum Gasteiger partial charge on any atom is -0.303 e. The number of aldehydes is 1. The number of likely N-dealkylation sites (tertiary alicyclic amines) is 1. The second-order valence-electron chi connectivity index (χ2n) is 4.61. The van der Waals surface area contributed by atoms with Gasteiger partial charge in [0.05, 0.1) is 0 Å². The zero-order valence-electron chi connectivity index (χ0n) is 9.99. The SMILES string of the molecule is O=CCCc1ccc(CN2CCCC2)c(Br)c1. The lowest BCUT2D eigenvalue weighted by Crippen LogP contribution is -2.18.